The number of amides is 1. The maximum Gasteiger partial charge on any atom is 0.261 e. The van der Waals surface area contributed by atoms with Crippen molar-refractivity contribution in [3.8, 4) is 5.75 Å². The highest BCUT2D eigenvalue weighted by atomic mass is 79.9. The molecule has 122 valence electrons. The molecule has 2 N–H and O–H groups in total. The monoisotopic (exact) mass is 413 g/mol. The predicted molar refractivity (Wildman–Crippen MR) is 100 cm³/mol. The fraction of sp³-hybridized carbons (Fsp3) is 0.267. The van der Waals surface area contributed by atoms with Gasteiger partial charge < -0.3 is 10.1 Å². The van der Waals surface area contributed by atoms with Gasteiger partial charge in [-0.2, -0.15) is 0 Å². The quantitative estimate of drug-likeness (QED) is 0.548. The van der Waals surface area contributed by atoms with E-state index in [4.69, 9.17) is 17.0 Å². The molecule has 0 saturated heterocycles. The molecule has 0 atom stereocenters. The largest absolute Gasteiger partial charge is 0.493 e. The fourth-order valence-electron chi connectivity index (χ4n) is 1.72. The second-order valence-electron chi connectivity index (χ2n) is 4.59. The van der Waals surface area contributed by atoms with Crippen LogP contribution in [0.15, 0.2) is 34.2 Å². The molecule has 1 aromatic heterocycles. The molecule has 0 bridgehead atoms. The van der Waals surface area contributed by atoms with Crippen LogP contribution >= 0.6 is 39.5 Å². The molecule has 1 aromatic carbocycles. The Kier molecular flexibility index (Phi) is 6.94. The van der Waals surface area contributed by atoms with Crippen molar-refractivity contribution in [1.82, 2.24) is 10.3 Å². The summed E-state index contributed by atoms with van der Waals surface area (Å²) in [7, 11) is 0. The summed E-state index contributed by atoms with van der Waals surface area (Å²) in [4.78, 5) is 16.5. The minimum Gasteiger partial charge on any atom is -0.493 e. The number of hydrogen-bond acceptors (Lipinski definition) is 5. The van der Waals surface area contributed by atoms with E-state index in [1.54, 1.807) is 18.3 Å². The van der Waals surface area contributed by atoms with Gasteiger partial charge >= 0.3 is 0 Å². The molecule has 23 heavy (non-hydrogen) atoms. The summed E-state index contributed by atoms with van der Waals surface area (Å²) in [5.74, 6) is 0.211. The van der Waals surface area contributed by atoms with Crippen LogP contribution in [0, 0.1) is 0 Å². The number of carbonyl (C=O) groups excluding carboxylic acids is 1. The van der Waals surface area contributed by atoms with Crippen molar-refractivity contribution in [2.45, 2.75) is 19.8 Å². The number of rotatable bonds is 6. The van der Waals surface area contributed by atoms with Gasteiger partial charge in [0, 0.05) is 16.0 Å². The number of unbranched alkanes of at least 4 members (excludes halogenated alkanes) is 1. The number of carbonyl (C=O) groups is 1. The summed E-state index contributed by atoms with van der Waals surface area (Å²) in [6, 6.07) is 5.32. The van der Waals surface area contributed by atoms with Crippen LogP contribution in [0.25, 0.3) is 0 Å². The Hall–Kier alpha value is -1.51. The first-order valence-electron chi connectivity index (χ1n) is 7.04. The van der Waals surface area contributed by atoms with E-state index in [9.17, 15) is 4.79 Å². The first kappa shape index (κ1) is 17.8. The summed E-state index contributed by atoms with van der Waals surface area (Å²) < 4.78 is 6.48. The van der Waals surface area contributed by atoms with Gasteiger partial charge in [0.05, 0.1) is 12.2 Å². The number of benzene rings is 1. The van der Waals surface area contributed by atoms with Crippen molar-refractivity contribution in [2.24, 2.45) is 0 Å². The lowest BCUT2D eigenvalue weighted by Gasteiger charge is -2.12. The van der Waals surface area contributed by atoms with E-state index in [0.717, 1.165) is 17.3 Å². The average molecular weight is 414 g/mol. The van der Waals surface area contributed by atoms with Gasteiger partial charge in [-0.3, -0.25) is 10.1 Å². The summed E-state index contributed by atoms with van der Waals surface area (Å²) >= 11 is 9.90. The van der Waals surface area contributed by atoms with E-state index < -0.39 is 0 Å². The number of nitrogens with zero attached hydrogens (tertiary/aromatic N) is 1. The first-order valence-corrected chi connectivity index (χ1v) is 9.12. The number of aromatic nitrogens is 1. The Morgan fingerprint density at radius 1 is 1.48 bits per heavy atom. The van der Waals surface area contributed by atoms with E-state index in [1.165, 1.54) is 11.3 Å². The lowest BCUT2D eigenvalue weighted by Crippen LogP contribution is -2.34. The molecule has 0 aliphatic rings. The summed E-state index contributed by atoms with van der Waals surface area (Å²) in [5.41, 5.74) is 0.429. The van der Waals surface area contributed by atoms with Crippen molar-refractivity contribution in [1.29, 1.82) is 0 Å². The molecule has 0 radical (unpaired) electrons. The number of anilines is 1. The summed E-state index contributed by atoms with van der Waals surface area (Å²) in [5, 5.41) is 8.15. The maximum atomic E-state index is 12.4. The standard InChI is InChI=1S/C15H16BrN3O2S2/c1-2-3-7-21-12-5-4-10(16)9-11(12)13(20)18-14(22)19-15-17-6-8-23-15/h4-6,8-9H,2-3,7H2,1H3,(H2,17,18,19,20,22). The molecule has 1 heterocycles. The molecule has 0 aliphatic heterocycles. The molecule has 2 rings (SSSR count). The Bertz CT molecular complexity index is 677. The molecule has 1 amide bonds. The molecular formula is C15H16BrN3O2S2. The third-order valence-corrected chi connectivity index (χ3v) is 4.21. The Morgan fingerprint density at radius 3 is 3.00 bits per heavy atom. The van der Waals surface area contributed by atoms with E-state index in [1.807, 2.05) is 11.4 Å². The number of ether oxygens (including phenoxy) is 1. The number of halogens is 1. The van der Waals surface area contributed by atoms with Crippen molar-refractivity contribution in [2.75, 3.05) is 11.9 Å². The van der Waals surface area contributed by atoms with E-state index >= 15 is 0 Å². The minimum atomic E-state index is -0.327. The molecule has 0 fully saturated rings. The number of thiocarbonyl (C=S) groups is 1. The smallest absolute Gasteiger partial charge is 0.261 e. The van der Waals surface area contributed by atoms with Gasteiger partial charge in [0.1, 0.15) is 5.75 Å². The van der Waals surface area contributed by atoms with Gasteiger partial charge in [0.2, 0.25) is 0 Å². The van der Waals surface area contributed by atoms with Gasteiger partial charge in [-0.15, -0.1) is 11.3 Å². The average Bonchev–Trinajstić information content (AvgIpc) is 3.01. The van der Waals surface area contributed by atoms with Gasteiger partial charge in [-0.1, -0.05) is 29.3 Å². The van der Waals surface area contributed by atoms with Crippen LogP contribution in [-0.2, 0) is 0 Å². The van der Waals surface area contributed by atoms with Crippen LogP contribution in [0.2, 0.25) is 0 Å². The molecule has 0 spiro atoms. The molecule has 0 aliphatic carbocycles. The summed E-state index contributed by atoms with van der Waals surface area (Å²) in [6.07, 6.45) is 3.62. The topological polar surface area (TPSA) is 63.2 Å². The van der Waals surface area contributed by atoms with Crippen molar-refractivity contribution in [3.63, 3.8) is 0 Å². The predicted octanol–water partition coefficient (Wildman–Crippen LogP) is 4.21. The highest BCUT2D eigenvalue weighted by Crippen LogP contribution is 2.23. The van der Waals surface area contributed by atoms with Gasteiger partial charge in [-0.25, -0.2) is 4.98 Å². The van der Waals surface area contributed by atoms with E-state index in [0.29, 0.717) is 23.1 Å². The normalized spacial score (nSPS) is 10.2. The molecular weight excluding hydrogens is 398 g/mol. The third-order valence-electron chi connectivity index (χ3n) is 2.82. The third kappa shape index (κ3) is 5.56. The fourth-order valence-corrected chi connectivity index (χ4v) is 2.86. The van der Waals surface area contributed by atoms with Crippen LogP contribution in [0.1, 0.15) is 30.1 Å². The van der Waals surface area contributed by atoms with Crippen molar-refractivity contribution >= 4 is 55.6 Å². The van der Waals surface area contributed by atoms with Crippen molar-refractivity contribution < 1.29 is 9.53 Å². The second-order valence-corrected chi connectivity index (χ2v) is 6.81. The lowest BCUT2D eigenvalue weighted by atomic mass is 10.2. The zero-order chi connectivity index (χ0) is 16.7. The SMILES string of the molecule is CCCCOc1ccc(Br)cc1C(=O)NC(=S)Nc1nccs1. The summed E-state index contributed by atoms with van der Waals surface area (Å²) in [6.45, 7) is 2.65. The van der Waals surface area contributed by atoms with Crippen LogP contribution in [0.5, 0.6) is 5.75 Å². The highest BCUT2D eigenvalue weighted by Gasteiger charge is 2.15. The van der Waals surface area contributed by atoms with Crippen LogP contribution in [-0.4, -0.2) is 22.6 Å². The Labute approximate surface area is 152 Å². The van der Waals surface area contributed by atoms with Crippen molar-refractivity contribution in [3.05, 3.63) is 39.8 Å². The number of thiazole rings is 1. The molecule has 8 heteroatoms. The minimum absolute atomic E-state index is 0.199. The van der Waals surface area contributed by atoms with Crippen LogP contribution < -0.4 is 15.4 Å². The number of hydrogen-bond donors (Lipinski definition) is 2. The molecule has 2 aromatic rings. The highest BCUT2D eigenvalue weighted by molar-refractivity contribution is 9.10. The zero-order valence-corrected chi connectivity index (χ0v) is 15.7. The van der Waals surface area contributed by atoms with Gasteiger partial charge in [0.15, 0.2) is 10.2 Å². The number of nitrogens with one attached hydrogen (secondary N) is 2. The van der Waals surface area contributed by atoms with E-state index in [2.05, 4.69) is 38.5 Å². The van der Waals surface area contributed by atoms with Gasteiger partial charge in [0.25, 0.3) is 5.91 Å². The van der Waals surface area contributed by atoms with Crippen LogP contribution in [0.3, 0.4) is 0 Å². The molecule has 0 unspecified atom stereocenters. The van der Waals surface area contributed by atoms with E-state index in [-0.39, 0.29) is 11.0 Å². The first-order chi connectivity index (χ1) is 11.1. The zero-order valence-electron chi connectivity index (χ0n) is 12.5. The Balaban J connectivity index is 2.04. The molecule has 5 nitrogen and oxygen atoms in total. The van der Waals surface area contributed by atoms with Gasteiger partial charge in [-0.05, 0) is 36.8 Å². The van der Waals surface area contributed by atoms with Crippen LogP contribution in [0.4, 0.5) is 5.13 Å². The molecule has 0 saturated carbocycles. The second kappa shape index (κ2) is 8.95. The maximum absolute atomic E-state index is 12.4. The lowest BCUT2D eigenvalue weighted by molar-refractivity contribution is 0.0973. The Morgan fingerprint density at radius 2 is 2.30 bits per heavy atom.